The normalized spacial score (nSPS) is 12.7. The summed E-state index contributed by atoms with van der Waals surface area (Å²) in [7, 11) is 1.64. The molecule has 0 saturated carbocycles. The second-order valence-electron chi connectivity index (χ2n) is 6.38. The number of ether oxygens (including phenoxy) is 1. The predicted octanol–water partition coefficient (Wildman–Crippen LogP) is 6.02. The summed E-state index contributed by atoms with van der Waals surface area (Å²) in [5.74, 6) is 0. The van der Waals surface area contributed by atoms with Crippen LogP contribution in [0.25, 0.3) is 0 Å². The first-order chi connectivity index (χ1) is 8.12. The molecule has 0 radical (unpaired) electrons. The van der Waals surface area contributed by atoms with Crippen molar-refractivity contribution in [3.05, 3.63) is 23.8 Å². The van der Waals surface area contributed by atoms with E-state index in [0.29, 0.717) is 10.2 Å². The quantitative estimate of drug-likeness (QED) is 0.578. The van der Waals surface area contributed by atoms with E-state index >= 15 is 0 Å². The third-order valence-electron chi connectivity index (χ3n) is 1.72. The first-order valence-electron chi connectivity index (χ1n) is 6.63. The van der Waals surface area contributed by atoms with Gasteiger partial charge in [0, 0.05) is 4.75 Å². The molecule has 0 aliphatic rings. The number of methoxy groups -OCH3 is 1. The first kappa shape index (κ1) is 20.0. The third-order valence-corrected chi connectivity index (χ3v) is 2.75. The van der Waals surface area contributed by atoms with Crippen molar-refractivity contribution in [3.63, 3.8) is 0 Å². The van der Waals surface area contributed by atoms with Crippen LogP contribution < -0.4 is 0 Å². The lowest BCUT2D eigenvalue weighted by Crippen LogP contribution is -2.05. The summed E-state index contributed by atoms with van der Waals surface area (Å²) in [5.41, 5.74) is 0.426. The van der Waals surface area contributed by atoms with Gasteiger partial charge in [-0.2, -0.15) is 0 Å². The molecule has 0 aliphatic carbocycles. The van der Waals surface area contributed by atoms with Gasteiger partial charge in [-0.3, -0.25) is 0 Å². The van der Waals surface area contributed by atoms with Crippen LogP contribution in [0.15, 0.2) is 23.8 Å². The summed E-state index contributed by atoms with van der Waals surface area (Å²) in [5, 5.41) is 2.23. The lowest BCUT2D eigenvalue weighted by atomic mass is 9.93. The fraction of sp³-hybridized carbons (Fsp3) is 0.750. The van der Waals surface area contributed by atoms with Crippen LogP contribution >= 0.6 is 11.8 Å². The third kappa shape index (κ3) is 24.7. The van der Waals surface area contributed by atoms with Crippen LogP contribution in [0, 0.1) is 5.41 Å². The predicted molar refractivity (Wildman–Crippen MR) is 87.0 cm³/mol. The summed E-state index contributed by atoms with van der Waals surface area (Å²) in [4.78, 5) is 0. The SMILES string of the molecule is CC(C)(C)CC=CSC(C)(C)C.CCC=COC. The Morgan fingerprint density at radius 3 is 1.83 bits per heavy atom. The summed E-state index contributed by atoms with van der Waals surface area (Å²) < 4.78 is 4.96. The van der Waals surface area contributed by atoms with Crippen LogP contribution in [0.4, 0.5) is 0 Å². The van der Waals surface area contributed by atoms with Crippen molar-refractivity contribution in [1.82, 2.24) is 0 Å². The smallest absolute Gasteiger partial charge is 0.0784 e. The minimum atomic E-state index is 0.356. The Morgan fingerprint density at radius 1 is 1.00 bits per heavy atom. The van der Waals surface area contributed by atoms with Gasteiger partial charge in [0.15, 0.2) is 0 Å². The molecule has 0 aromatic rings. The molecular weight excluding hydrogens is 240 g/mol. The van der Waals surface area contributed by atoms with Gasteiger partial charge in [0.05, 0.1) is 13.4 Å². The zero-order chi connectivity index (χ0) is 14.7. The minimum Gasteiger partial charge on any atom is -0.505 e. The van der Waals surface area contributed by atoms with Gasteiger partial charge in [-0.05, 0) is 23.7 Å². The van der Waals surface area contributed by atoms with Crippen molar-refractivity contribution in [2.45, 2.75) is 66.1 Å². The molecule has 0 N–H and O–H groups in total. The molecule has 0 amide bonds. The van der Waals surface area contributed by atoms with Gasteiger partial charge in [0.1, 0.15) is 0 Å². The zero-order valence-electron chi connectivity index (χ0n) is 13.5. The largest absolute Gasteiger partial charge is 0.505 e. The number of hydrogen-bond donors (Lipinski definition) is 0. The van der Waals surface area contributed by atoms with Gasteiger partial charge in [0.2, 0.25) is 0 Å². The minimum absolute atomic E-state index is 0.356. The average Bonchev–Trinajstić information content (AvgIpc) is 2.20. The Morgan fingerprint density at radius 2 is 1.56 bits per heavy atom. The molecule has 0 fully saturated rings. The van der Waals surface area contributed by atoms with E-state index in [1.165, 1.54) is 0 Å². The molecule has 0 aromatic carbocycles. The van der Waals surface area contributed by atoms with Gasteiger partial charge in [-0.15, -0.1) is 11.8 Å². The Bertz CT molecular complexity index is 204. The highest BCUT2D eigenvalue weighted by Gasteiger charge is 2.09. The molecule has 0 aliphatic heterocycles. The van der Waals surface area contributed by atoms with Crippen LogP contribution in [-0.4, -0.2) is 11.9 Å². The van der Waals surface area contributed by atoms with Crippen LogP contribution in [0.5, 0.6) is 0 Å². The molecule has 2 heteroatoms. The van der Waals surface area contributed by atoms with E-state index in [1.54, 1.807) is 13.4 Å². The van der Waals surface area contributed by atoms with Gasteiger partial charge >= 0.3 is 0 Å². The second-order valence-corrected chi connectivity index (χ2v) is 8.12. The molecule has 0 saturated heterocycles. The molecule has 0 spiro atoms. The maximum Gasteiger partial charge on any atom is 0.0784 e. The van der Waals surface area contributed by atoms with Crippen molar-refractivity contribution < 1.29 is 4.74 Å². The lowest BCUT2D eigenvalue weighted by molar-refractivity contribution is 0.336. The summed E-state index contributed by atoms with van der Waals surface area (Å²) >= 11 is 1.89. The number of rotatable bonds is 4. The van der Waals surface area contributed by atoms with Crippen LogP contribution in [-0.2, 0) is 4.74 Å². The molecule has 0 rings (SSSR count). The highest BCUT2D eigenvalue weighted by Crippen LogP contribution is 2.26. The molecule has 1 nitrogen and oxygen atoms in total. The summed E-state index contributed by atoms with van der Waals surface area (Å²) in [6, 6.07) is 0. The lowest BCUT2D eigenvalue weighted by Gasteiger charge is -2.16. The molecule has 0 unspecified atom stereocenters. The first-order valence-corrected chi connectivity index (χ1v) is 7.51. The second kappa shape index (κ2) is 10.5. The standard InChI is InChI=1S/C11H22S.C5H10O/c1-10(2,3)8-7-9-12-11(4,5)6;1-3-4-5-6-2/h7,9H,8H2,1-6H3;4-5H,3H2,1-2H3. The molecule has 0 atom stereocenters. The maximum atomic E-state index is 4.60. The highest BCUT2D eigenvalue weighted by atomic mass is 32.2. The van der Waals surface area contributed by atoms with Crippen molar-refractivity contribution in [2.75, 3.05) is 7.11 Å². The van der Waals surface area contributed by atoms with Gasteiger partial charge < -0.3 is 4.74 Å². The van der Waals surface area contributed by atoms with E-state index in [4.69, 9.17) is 0 Å². The topological polar surface area (TPSA) is 9.23 Å². The van der Waals surface area contributed by atoms with E-state index < -0.39 is 0 Å². The van der Waals surface area contributed by atoms with Gasteiger partial charge in [-0.25, -0.2) is 0 Å². The van der Waals surface area contributed by atoms with Crippen LogP contribution in [0.2, 0.25) is 0 Å². The van der Waals surface area contributed by atoms with Crippen molar-refractivity contribution in [3.8, 4) is 0 Å². The Labute approximate surface area is 119 Å². The van der Waals surface area contributed by atoms with Gasteiger partial charge in [0.25, 0.3) is 0 Å². The summed E-state index contributed by atoms with van der Waals surface area (Å²) in [6.45, 7) is 15.6. The van der Waals surface area contributed by atoms with Crippen molar-refractivity contribution in [1.29, 1.82) is 0 Å². The molecule has 0 heterocycles. The summed E-state index contributed by atoms with van der Waals surface area (Å²) in [6.07, 6.45) is 8.12. The fourth-order valence-corrected chi connectivity index (χ4v) is 1.45. The highest BCUT2D eigenvalue weighted by molar-refractivity contribution is 8.03. The molecule has 0 aromatic heterocycles. The van der Waals surface area contributed by atoms with Crippen molar-refractivity contribution in [2.24, 2.45) is 5.41 Å². The Kier molecular flexibility index (Phi) is 11.7. The van der Waals surface area contributed by atoms with Crippen LogP contribution in [0.3, 0.4) is 0 Å². The van der Waals surface area contributed by atoms with Crippen LogP contribution in [0.1, 0.15) is 61.3 Å². The fourth-order valence-electron chi connectivity index (χ4n) is 0.846. The number of thioether (sulfide) groups is 1. The molecule has 0 bridgehead atoms. The van der Waals surface area contributed by atoms with E-state index in [9.17, 15) is 0 Å². The number of allylic oxidation sites excluding steroid dienone is 2. The monoisotopic (exact) mass is 272 g/mol. The molecule has 18 heavy (non-hydrogen) atoms. The number of hydrogen-bond acceptors (Lipinski definition) is 2. The van der Waals surface area contributed by atoms with Crippen molar-refractivity contribution >= 4 is 11.8 Å². The maximum absolute atomic E-state index is 4.60. The molecular formula is C16H32OS. The Balaban J connectivity index is 0. The van der Waals surface area contributed by atoms with E-state index in [2.05, 4.69) is 64.7 Å². The van der Waals surface area contributed by atoms with E-state index in [0.717, 1.165) is 12.8 Å². The van der Waals surface area contributed by atoms with E-state index in [-0.39, 0.29) is 0 Å². The Hall–Kier alpha value is -0.370. The average molecular weight is 272 g/mol. The van der Waals surface area contributed by atoms with Gasteiger partial charge in [-0.1, -0.05) is 60.6 Å². The van der Waals surface area contributed by atoms with E-state index in [1.807, 2.05) is 17.8 Å². The zero-order valence-corrected chi connectivity index (χ0v) is 14.4. The molecule has 108 valence electrons.